The molecular formula is C20H18ClFN4O. The molecule has 4 N–H and O–H groups in total. The van der Waals surface area contributed by atoms with Gasteiger partial charge in [-0.05, 0) is 43.3 Å². The molecule has 7 heteroatoms. The van der Waals surface area contributed by atoms with E-state index in [1.807, 2.05) is 18.2 Å². The first-order chi connectivity index (χ1) is 13.0. The number of nitrogen functional groups attached to an aromatic ring is 1. The zero-order valence-electron chi connectivity index (χ0n) is 14.6. The molecule has 0 saturated heterocycles. The Morgan fingerprint density at radius 3 is 2.74 bits per heavy atom. The van der Waals surface area contributed by atoms with Gasteiger partial charge in [0.15, 0.2) is 11.6 Å². The summed E-state index contributed by atoms with van der Waals surface area (Å²) in [5, 5.41) is 0.405. The number of anilines is 1. The van der Waals surface area contributed by atoms with Crippen molar-refractivity contribution >= 4 is 23.0 Å². The summed E-state index contributed by atoms with van der Waals surface area (Å²) in [5.41, 5.74) is 14.3. The lowest BCUT2D eigenvalue weighted by molar-refractivity contribution is 0.227. The minimum absolute atomic E-state index is 0.204. The van der Waals surface area contributed by atoms with E-state index in [4.69, 9.17) is 27.8 Å². The monoisotopic (exact) mass is 384 g/mol. The fourth-order valence-electron chi connectivity index (χ4n) is 2.63. The Morgan fingerprint density at radius 2 is 2.04 bits per heavy atom. The average molecular weight is 385 g/mol. The molecule has 0 spiro atoms. The van der Waals surface area contributed by atoms with Crippen molar-refractivity contribution in [2.75, 3.05) is 5.73 Å². The average Bonchev–Trinajstić information content (AvgIpc) is 2.67. The van der Waals surface area contributed by atoms with Crippen molar-refractivity contribution in [3.05, 3.63) is 88.7 Å². The molecule has 1 unspecified atom stereocenters. The van der Waals surface area contributed by atoms with E-state index in [2.05, 4.69) is 9.97 Å². The highest BCUT2D eigenvalue weighted by Crippen LogP contribution is 2.32. The molecule has 0 amide bonds. The lowest BCUT2D eigenvalue weighted by Crippen LogP contribution is -2.08. The summed E-state index contributed by atoms with van der Waals surface area (Å²) >= 11 is 6.15. The van der Waals surface area contributed by atoms with Crippen LogP contribution in [0, 0.1) is 5.82 Å². The third-order valence-electron chi connectivity index (χ3n) is 4.00. The second-order valence-electron chi connectivity index (χ2n) is 5.83. The molecule has 3 rings (SSSR count). The molecule has 2 heterocycles. The highest BCUT2D eigenvalue weighted by Gasteiger charge is 2.16. The maximum atomic E-state index is 13.5. The van der Waals surface area contributed by atoms with Crippen LogP contribution in [0.25, 0.3) is 5.57 Å². The maximum Gasteiger partial charge on any atom is 0.166 e. The van der Waals surface area contributed by atoms with Gasteiger partial charge in [0, 0.05) is 40.3 Å². The number of rotatable bonds is 5. The normalized spacial score (nSPS) is 12.6. The summed E-state index contributed by atoms with van der Waals surface area (Å²) in [4.78, 5) is 8.48. The van der Waals surface area contributed by atoms with Crippen LogP contribution in [0.3, 0.4) is 0 Å². The Bertz CT molecular complexity index is 979. The minimum atomic E-state index is -0.535. The molecule has 0 radical (unpaired) electrons. The van der Waals surface area contributed by atoms with Gasteiger partial charge in [0.25, 0.3) is 0 Å². The van der Waals surface area contributed by atoms with Gasteiger partial charge in [-0.2, -0.15) is 0 Å². The molecule has 2 aromatic heterocycles. The Hall–Kier alpha value is -3.12. The fourth-order valence-corrected chi connectivity index (χ4v) is 2.90. The van der Waals surface area contributed by atoms with Crippen molar-refractivity contribution in [2.24, 2.45) is 5.73 Å². The van der Waals surface area contributed by atoms with Gasteiger partial charge in [-0.3, -0.25) is 4.98 Å². The van der Waals surface area contributed by atoms with Crippen LogP contribution in [0.2, 0.25) is 5.02 Å². The van der Waals surface area contributed by atoms with Crippen LogP contribution < -0.4 is 16.2 Å². The van der Waals surface area contributed by atoms with E-state index in [-0.39, 0.29) is 5.82 Å². The van der Waals surface area contributed by atoms with E-state index >= 15 is 0 Å². The van der Waals surface area contributed by atoms with E-state index in [9.17, 15) is 4.39 Å². The van der Waals surface area contributed by atoms with Gasteiger partial charge in [-0.25, -0.2) is 9.37 Å². The lowest BCUT2D eigenvalue weighted by Gasteiger charge is -2.18. The fraction of sp³-hybridized carbons (Fsp3) is 0.100. The molecule has 0 aliphatic rings. The number of aromatic nitrogens is 2. The SMILES string of the molecule is CC(Oc1cc(C(=CN)c2ccccn2)cnc1N)c1cc(F)ccc1Cl. The van der Waals surface area contributed by atoms with Gasteiger partial charge in [-0.1, -0.05) is 17.7 Å². The number of halogens is 2. The third-order valence-corrected chi connectivity index (χ3v) is 4.34. The number of benzene rings is 1. The van der Waals surface area contributed by atoms with Gasteiger partial charge in [0.1, 0.15) is 11.9 Å². The van der Waals surface area contributed by atoms with Crippen LogP contribution >= 0.6 is 11.6 Å². The highest BCUT2D eigenvalue weighted by molar-refractivity contribution is 6.31. The van der Waals surface area contributed by atoms with Crippen molar-refractivity contribution < 1.29 is 9.13 Å². The topological polar surface area (TPSA) is 87.0 Å². The quantitative estimate of drug-likeness (QED) is 0.683. The molecule has 0 fully saturated rings. The molecule has 0 saturated carbocycles. The van der Waals surface area contributed by atoms with E-state index in [1.165, 1.54) is 24.4 Å². The Balaban J connectivity index is 1.93. The van der Waals surface area contributed by atoms with Crippen molar-refractivity contribution in [1.29, 1.82) is 0 Å². The number of pyridine rings is 2. The van der Waals surface area contributed by atoms with Gasteiger partial charge in [0.2, 0.25) is 0 Å². The Labute approximate surface area is 161 Å². The molecule has 138 valence electrons. The van der Waals surface area contributed by atoms with Crippen molar-refractivity contribution in [3.8, 4) is 5.75 Å². The standard InChI is InChI=1S/C20H18ClFN4O/c1-12(15-9-14(22)5-6-17(15)21)27-19-8-13(11-26-20(19)24)16(10-23)18-4-2-3-7-25-18/h2-12H,23H2,1H3,(H2,24,26). The second kappa shape index (κ2) is 8.05. The van der Waals surface area contributed by atoms with E-state index in [0.29, 0.717) is 33.2 Å². The number of nitrogens with zero attached hydrogens (tertiary/aromatic N) is 2. The summed E-state index contributed by atoms with van der Waals surface area (Å²) < 4.78 is 19.5. The van der Waals surface area contributed by atoms with Gasteiger partial charge in [-0.15, -0.1) is 0 Å². The molecule has 1 atom stereocenters. The maximum absolute atomic E-state index is 13.5. The van der Waals surface area contributed by atoms with Gasteiger partial charge >= 0.3 is 0 Å². The second-order valence-corrected chi connectivity index (χ2v) is 6.24. The number of nitrogens with two attached hydrogens (primary N) is 2. The molecule has 0 aliphatic carbocycles. The van der Waals surface area contributed by atoms with Gasteiger partial charge in [0.05, 0.1) is 5.69 Å². The largest absolute Gasteiger partial charge is 0.482 e. The first-order valence-electron chi connectivity index (χ1n) is 8.20. The van der Waals surface area contributed by atoms with Crippen LogP contribution in [-0.2, 0) is 0 Å². The molecule has 27 heavy (non-hydrogen) atoms. The van der Waals surface area contributed by atoms with Crippen LogP contribution in [0.5, 0.6) is 5.75 Å². The molecule has 0 bridgehead atoms. The Morgan fingerprint density at radius 1 is 1.22 bits per heavy atom. The van der Waals surface area contributed by atoms with Crippen molar-refractivity contribution in [3.63, 3.8) is 0 Å². The summed E-state index contributed by atoms with van der Waals surface area (Å²) in [6.45, 7) is 1.76. The molecule has 5 nitrogen and oxygen atoms in total. The Kier molecular flexibility index (Phi) is 5.57. The zero-order valence-corrected chi connectivity index (χ0v) is 15.3. The summed E-state index contributed by atoms with van der Waals surface area (Å²) in [7, 11) is 0. The number of ether oxygens (including phenoxy) is 1. The molecule has 1 aromatic carbocycles. The smallest absolute Gasteiger partial charge is 0.166 e. The van der Waals surface area contributed by atoms with E-state index in [1.54, 1.807) is 25.4 Å². The summed E-state index contributed by atoms with van der Waals surface area (Å²) in [5.74, 6) is 0.152. The van der Waals surface area contributed by atoms with Gasteiger partial charge < -0.3 is 16.2 Å². The third kappa shape index (κ3) is 4.17. The van der Waals surface area contributed by atoms with Crippen LogP contribution in [0.4, 0.5) is 10.2 Å². The predicted molar refractivity (Wildman–Crippen MR) is 105 cm³/mol. The molecule has 0 aliphatic heterocycles. The predicted octanol–water partition coefficient (Wildman–Crippen LogP) is 4.34. The molecule has 3 aromatic rings. The van der Waals surface area contributed by atoms with Crippen LogP contribution in [-0.4, -0.2) is 9.97 Å². The van der Waals surface area contributed by atoms with Crippen molar-refractivity contribution in [1.82, 2.24) is 9.97 Å². The lowest BCUT2D eigenvalue weighted by atomic mass is 10.0. The first-order valence-corrected chi connectivity index (χ1v) is 8.58. The van der Waals surface area contributed by atoms with Crippen molar-refractivity contribution in [2.45, 2.75) is 13.0 Å². The first kappa shape index (κ1) is 18.7. The van der Waals surface area contributed by atoms with E-state index in [0.717, 1.165) is 0 Å². The number of hydrogen-bond donors (Lipinski definition) is 2. The van der Waals surface area contributed by atoms with Crippen LogP contribution in [0.15, 0.2) is 61.1 Å². The molecular weight excluding hydrogens is 367 g/mol. The highest BCUT2D eigenvalue weighted by atomic mass is 35.5. The van der Waals surface area contributed by atoms with E-state index < -0.39 is 11.9 Å². The van der Waals surface area contributed by atoms with Crippen LogP contribution in [0.1, 0.15) is 29.8 Å². The minimum Gasteiger partial charge on any atom is -0.482 e. The zero-order chi connectivity index (χ0) is 19.4. The summed E-state index contributed by atoms with van der Waals surface area (Å²) in [6, 6.07) is 11.4. The summed E-state index contributed by atoms with van der Waals surface area (Å²) in [6.07, 6.45) is 4.18. The number of hydrogen-bond acceptors (Lipinski definition) is 5.